The van der Waals surface area contributed by atoms with Crippen LogP contribution in [0, 0.1) is 5.92 Å². The number of carbonyl (C=O) groups excluding carboxylic acids is 1. The van der Waals surface area contributed by atoms with Crippen molar-refractivity contribution in [1.29, 1.82) is 0 Å². The maximum atomic E-state index is 12.1. The van der Waals surface area contributed by atoms with Crippen LogP contribution in [0.25, 0.3) is 0 Å². The first-order valence-electron chi connectivity index (χ1n) is 7.03. The third kappa shape index (κ3) is 3.51. The van der Waals surface area contributed by atoms with E-state index in [0.29, 0.717) is 11.0 Å². The lowest BCUT2D eigenvalue weighted by Crippen LogP contribution is -2.23. The minimum atomic E-state index is 0.0375. The van der Waals surface area contributed by atoms with Crippen LogP contribution in [-0.4, -0.2) is 22.1 Å². The van der Waals surface area contributed by atoms with Gasteiger partial charge in [0.1, 0.15) is 5.01 Å². The molecule has 1 aromatic rings. The number of hydrogen-bond acceptors (Lipinski definition) is 5. The van der Waals surface area contributed by atoms with Crippen molar-refractivity contribution in [3.05, 3.63) is 5.01 Å². The SMILES string of the molecule is CCC(CC)c1nnc(NC(=O)C2CCC(N)C2)s1. The Hall–Kier alpha value is -1.01. The van der Waals surface area contributed by atoms with Gasteiger partial charge in [0, 0.05) is 17.9 Å². The number of aromatic nitrogens is 2. The molecule has 1 aliphatic carbocycles. The molecule has 1 amide bonds. The molecule has 0 spiro atoms. The lowest BCUT2D eigenvalue weighted by Gasteiger charge is -2.08. The van der Waals surface area contributed by atoms with E-state index >= 15 is 0 Å². The Labute approximate surface area is 118 Å². The second kappa shape index (κ2) is 6.43. The summed E-state index contributed by atoms with van der Waals surface area (Å²) in [5.41, 5.74) is 5.83. The summed E-state index contributed by atoms with van der Waals surface area (Å²) in [5, 5.41) is 12.8. The van der Waals surface area contributed by atoms with Crippen LogP contribution in [-0.2, 0) is 4.79 Å². The van der Waals surface area contributed by atoms with Gasteiger partial charge in [-0.25, -0.2) is 0 Å². The standard InChI is InChI=1S/C13H22N4OS/c1-3-8(4-2)12-16-17-13(19-12)15-11(18)9-5-6-10(14)7-9/h8-10H,3-7,14H2,1-2H3,(H,15,17,18). The fraction of sp³-hybridized carbons (Fsp3) is 0.769. The minimum absolute atomic E-state index is 0.0375. The fourth-order valence-electron chi connectivity index (χ4n) is 2.55. The molecule has 1 aromatic heterocycles. The third-order valence-electron chi connectivity index (χ3n) is 3.85. The van der Waals surface area contributed by atoms with Crippen molar-refractivity contribution in [3.63, 3.8) is 0 Å². The van der Waals surface area contributed by atoms with Crippen molar-refractivity contribution in [1.82, 2.24) is 10.2 Å². The van der Waals surface area contributed by atoms with E-state index < -0.39 is 0 Å². The number of nitrogens with two attached hydrogens (primary N) is 1. The van der Waals surface area contributed by atoms with Crippen molar-refractivity contribution in [3.8, 4) is 0 Å². The van der Waals surface area contributed by atoms with Crippen molar-refractivity contribution in [2.45, 2.75) is 57.9 Å². The summed E-state index contributed by atoms with van der Waals surface area (Å²) in [6, 6.07) is 0.172. The van der Waals surface area contributed by atoms with Gasteiger partial charge in [0.15, 0.2) is 0 Å². The van der Waals surface area contributed by atoms with Crippen LogP contribution in [0.4, 0.5) is 5.13 Å². The predicted molar refractivity (Wildman–Crippen MR) is 77.2 cm³/mol. The second-order valence-electron chi connectivity index (χ2n) is 5.22. The number of carbonyl (C=O) groups is 1. The molecule has 0 aromatic carbocycles. The molecule has 2 atom stereocenters. The molecule has 2 unspecified atom stereocenters. The number of hydrogen-bond donors (Lipinski definition) is 2. The van der Waals surface area contributed by atoms with Crippen LogP contribution in [0.3, 0.4) is 0 Å². The zero-order valence-corrected chi connectivity index (χ0v) is 12.4. The average Bonchev–Trinajstić information content (AvgIpc) is 3.00. The van der Waals surface area contributed by atoms with Crippen molar-refractivity contribution >= 4 is 22.4 Å². The second-order valence-corrected chi connectivity index (χ2v) is 6.23. The molecule has 106 valence electrons. The summed E-state index contributed by atoms with van der Waals surface area (Å²) in [7, 11) is 0. The Kier molecular flexibility index (Phi) is 4.87. The zero-order valence-electron chi connectivity index (χ0n) is 11.6. The summed E-state index contributed by atoms with van der Waals surface area (Å²) in [6.07, 6.45) is 4.70. The van der Waals surface area contributed by atoms with Gasteiger partial charge in [-0.15, -0.1) is 10.2 Å². The van der Waals surface area contributed by atoms with Crippen molar-refractivity contribution < 1.29 is 4.79 Å². The number of anilines is 1. The third-order valence-corrected chi connectivity index (χ3v) is 4.85. The van der Waals surface area contributed by atoms with Crippen LogP contribution < -0.4 is 11.1 Å². The van der Waals surface area contributed by atoms with Gasteiger partial charge in [0.25, 0.3) is 0 Å². The maximum Gasteiger partial charge on any atom is 0.229 e. The van der Waals surface area contributed by atoms with E-state index in [2.05, 4.69) is 29.4 Å². The molecule has 1 aliphatic rings. The first-order chi connectivity index (χ1) is 9.13. The highest BCUT2D eigenvalue weighted by Gasteiger charge is 2.28. The highest BCUT2D eigenvalue weighted by atomic mass is 32.1. The smallest absolute Gasteiger partial charge is 0.229 e. The predicted octanol–water partition coefficient (Wildman–Crippen LogP) is 2.51. The molecule has 1 fully saturated rings. The van der Waals surface area contributed by atoms with E-state index in [9.17, 15) is 4.79 Å². The highest BCUT2D eigenvalue weighted by Crippen LogP contribution is 2.29. The summed E-state index contributed by atoms with van der Waals surface area (Å²) in [6.45, 7) is 4.29. The average molecular weight is 282 g/mol. The Balaban J connectivity index is 1.94. The topological polar surface area (TPSA) is 80.9 Å². The van der Waals surface area contributed by atoms with Crippen LogP contribution in [0.2, 0.25) is 0 Å². The Morgan fingerprint density at radius 1 is 1.42 bits per heavy atom. The van der Waals surface area contributed by atoms with E-state index in [4.69, 9.17) is 5.73 Å². The molecule has 3 N–H and O–H groups in total. The molecular formula is C13H22N4OS. The molecule has 1 heterocycles. The van der Waals surface area contributed by atoms with Gasteiger partial charge in [-0.1, -0.05) is 25.2 Å². The number of rotatable bonds is 5. The minimum Gasteiger partial charge on any atom is -0.328 e. The molecule has 0 aliphatic heterocycles. The Morgan fingerprint density at radius 2 is 2.16 bits per heavy atom. The van der Waals surface area contributed by atoms with Crippen LogP contribution in [0.5, 0.6) is 0 Å². The van der Waals surface area contributed by atoms with E-state index in [1.807, 2.05) is 0 Å². The highest BCUT2D eigenvalue weighted by molar-refractivity contribution is 7.15. The molecule has 2 rings (SSSR count). The van der Waals surface area contributed by atoms with Gasteiger partial charge < -0.3 is 11.1 Å². The van der Waals surface area contributed by atoms with E-state index in [-0.39, 0.29) is 17.9 Å². The fourth-order valence-corrected chi connectivity index (χ4v) is 3.56. The summed E-state index contributed by atoms with van der Waals surface area (Å²) in [4.78, 5) is 12.1. The van der Waals surface area contributed by atoms with Crippen LogP contribution >= 0.6 is 11.3 Å². The van der Waals surface area contributed by atoms with Crippen molar-refractivity contribution in [2.24, 2.45) is 11.7 Å². The van der Waals surface area contributed by atoms with E-state index in [1.54, 1.807) is 0 Å². The molecule has 1 saturated carbocycles. The molecule has 5 nitrogen and oxygen atoms in total. The summed E-state index contributed by atoms with van der Waals surface area (Å²) >= 11 is 1.49. The van der Waals surface area contributed by atoms with Crippen molar-refractivity contribution in [2.75, 3.05) is 5.32 Å². The maximum absolute atomic E-state index is 12.1. The Bertz CT molecular complexity index is 430. The lowest BCUT2D eigenvalue weighted by molar-refractivity contribution is -0.119. The van der Waals surface area contributed by atoms with Gasteiger partial charge in [-0.3, -0.25) is 4.79 Å². The van der Waals surface area contributed by atoms with Gasteiger partial charge in [-0.05, 0) is 32.1 Å². The summed E-state index contributed by atoms with van der Waals surface area (Å²) < 4.78 is 0. The molecule has 6 heteroatoms. The van der Waals surface area contributed by atoms with Gasteiger partial charge in [0.05, 0.1) is 0 Å². The lowest BCUT2D eigenvalue weighted by atomic mass is 10.1. The largest absolute Gasteiger partial charge is 0.328 e. The van der Waals surface area contributed by atoms with E-state index in [0.717, 1.165) is 37.1 Å². The number of nitrogens with one attached hydrogen (secondary N) is 1. The van der Waals surface area contributed by atoms with Gasteiger partial charge >= 0.3 is 0 Å². The first kappa shape index (κ1) is 14.4. The van der Waals surface area contributed by atoms with Crippen LogP contribution in [0.1, 0.15) is 56.9 Å². The molecular weight excluding hydrogens is 260 g/mol. The molecule has 0 bridgehead atoms. The normalized spacial score (nSPS) is 22.9. The van der Waals surface area contributed by atoms with Gasteiger partial charge in [-0.2, -0.15) is 0 Å². The van der Waals surface area contributed by atoms with E-state index in [1.165, 1.54) is 11.3 Å². The summed E-state index contributed by atoms with van der Waals surface area (Å²) in [5.74, 6) is 0.527. The monoisotopic (exact) mass is 282 g/mol. The molecule has 0 saturated heterocycles. The van der Waals surface area contributed by atoms with Crippen LogP contribution in [0.15, 0.2) is 0 Å². The first-order valence-corrected chi connectivity index (χ1v) is 7.85. The number of nitrogens with zero attached hydrogens (tertiary/aromatic N) is 2. The molecule has 19 heavy (non-hydrogen) atoms. The quantitative estimate of drug-likeness (QED) is 0.869. The van der Waals surface area contributed by atoms with Gasteiger partial charge in [0.2, 0.25) is 11.0 Å². The Morgan fingerprint density at radius 3 is 2.74 bits per heavy atom. The molecule has 0 radical (unpaired) electrons. The zero-order chi connectivity index (χ0) is 13.8. The number of amides is 1.